The third-order valence-electron chi connectivity index (χ3n) is 5.32. The molecule has 1 N–H and O–H groups in total. The minimum absolute atomic E-state index is 0.187. The van der Waals surface area contributed by atoms with Gasteiger partial charge in [-0.25, -0.2) is 14.5 Å². The number of benzene rings is 2. The van der Waals surface area contributed by atoms with Crippen LogP contribution in [0.2, 0.25) is 0 Å². The number of hydrogen-bond acceptors (Lipinski definition) is 3. The van der Waals surface area contributed by atoms with Crippen LogP contribution in [0.5, 0.6) is 0 Å². The summed E-state index contributed by atoms with van der Waals surface area (Å²) in [5.41, 5.74) is 3.82. The van der Waals surface area contributed by atoms with Crippen LogP contribution in [0.25, 0.3) is 0 Å². The van der Waals surface area contributed by atoms with Gasteiger partial charge in [0.2, 0.25) is 0 Å². The molecule has 1 aliphatic heterocycles. The van der Waals surface area contributed by atoms with Gasteiger partial charge in [0, 0.05) is 24.3 Å². The number of hydrogen-bond donors (Lipinski definition) is 1. The number of amides is 2. The molecule has 150 valence electrons. The first-order valence-corrected chi connectivity index (χ1v) is 10.2. The van der Waals surface area contributed by atoms with Gasteiger partial charge in [0.1, 0.15) is 5.82 Å². The molecule has 0 fully saturated rings. The zero-order valence-electron chi connectivity index (χ0n) is 17.1. The molecule has 0 aliphatic carbocycles. The lowest BCUT2D eigenvalue weighted by atomic mass is 10.2. The molecular formula is C23H27N5O. The van der Waals surface area contributed by atoms with Gasteiger partial charge < -0.3 is 5.32 Å². The Hall–Kier alpha value is -3.15. The SMILES string of the molecule is Cc1ccc(NC(=O)N(Cc2nc3n(n2)CCCCC3)c2ccccc2C)cc1. The summed E-state index contributed by atoms with van der Waals surface area (Å²) in [6, 6.07) is 15.5. The topological polar surface area (TPSA) is 63.1 Å². The molecule has 2 heterocycles. The van der Waals surface area contributed by atoms with Crippen molar-refractivity contribution in [1.82, 2.24) is 14.8 Å². The molecule has 1 aliphatic rings. The maximum absolute atomic E-state index is 13.2. The van der Waals surface area contributed by atoms with Crippen molar-refractivity contribution >= 4 is 17.4 Å². The summed E-state index contributed by atoms with van der Waals surface area (Å²) in [7, 11) is 0. The first-order chi connectivity index (χ1) is 14.1. The van der Waals surface area contributed by atoms with Crippen LogP contribution in [0.15, 0.2) is 48.5 Å². The van der Waals surface area contributed by atoms with Gasteiger partial charge in [-0.1, -0.05) is 42.3 Å². The third-order valence-corrected chi connectivity index (χ3v) is 5.32. The monoisotopic (exact) mass is 389 g/mol. The quantitative estimate of drug-likeness (QED) is 0.693. The smallest absolute Gasteiger partial charge is 0.308 e. The number of anilines is 2. The van der Waals surface area contributed by atoms with E-state index >= 15 is 0 Å². The predicted molar refractivity (Wildman–Crippen MR) is 115 cm³/mol. The van der Waals surface area contributed by atoms with E-state index in [2.05, 4.69) is 5.32 Å². The molecule has 29 heavy (non-hydrogen) atoms. The number of carbonyl (C=O) groups is 1. The lowest BCUT2D eigenvalue weighted by Gasteiger charge is -2.23. The summed E-state index contributed by atoms with van der Waals surface area (Å²) in [6.45, 7) is 5.28. The van der Waals surface area contributed by atoms with E-state index in [0.29, 0.717) is 12.4 Å². The second-order valence-corrected chi connectivity index (χ2v) is 7.65. The van der Waals surface area contributed by atoms with Gasteiger partial charge in [0.05, 0.1) is 6.54 Å². The fraction of sp³-hybridized carbons (Fsp3) is 0.348. The van der Waals surface area contributed by atoms with Crippen LogP contribution < -0.4 is 10.2 Å². The molecule has 0 radical (unpaired) electrons. The molecule has 0 saturated carbocycles. The van der Waals surface area contributed by atoms with Gasteiger partial charge in [0.15, 0.2) is 5.82 Å². The summed E-state index contributed by atoms with van der Waals surface area (Å²) < 4.78 is 2.01. The second-order valence-electron chi connectivity index (χ2n) is 7.65. The number of fused-ring (bicyclic) bond motifs is 1. The number of aryl methyl sites for hydroxylation is 4. The molecule has 2 amide bonds. The zero-order valence-corrected chi connectivity index (χ0v) is 17.1. The Bertz CT molecular complexity index is 969. The van der Waals surface area contributed by atoms with Gasteiger partial charge in [-0.2, -0.15) is 5.10 Å². The molecule has 4 rings (SSSR count). The van der Waals surface area contributed by atoms with E-state index in [1.165, 1.54) is 6.42 Å². The molecule has 6 nitrogen and oxygen atoms in total. The Morgan fingerprint density at radius 3 is 2.66 bits per heavy atom. The molecule has 0 atom stereocenters. The van der Waals surface area contributed by atoms with E-state index < -0.39 is 0 Å². The molecule has 0 spiro atoms. The number of aromatic nitrogens is 3. The minimum Gasteiger partial charge on any atom is -0.308 e. The number of rotatable bonds is 4. The maximum atomic E-state index is 13.2. The normalized spacial score (nSPS) is 13.4. The predicted octanol–water partition coefficient (Wildman–Crippen LogP) is 4.86. The van der Waals surface area contributed by atoms with Crippen LogP contribution >= 0.6 is 0 Å². The third kappa shape index (κ3) is 4.47. The summed E-state index contributed by atoms with van der Waals surface area (Å²) in [5, 5.41) is 7.70. The highest BCUT2D eigenvalue weighted by Gasteiger charge is 2.22. The molecule has 3 aromatic rings. The van der Waals surface area contributed by atoms with E-state index in [1.807, 2.05) is 67.1 Å². The summed E-state index contributed by atoms with van der Waals surface area (Å²) in [5.74, 6) is 1.71. The van der Waals surface area contributed by atoms with Crippen molar-refractivity contribution in [2.75, 3.05) is 10.2 Å². The second kappa shape index (κ2) is 8.47. The lowest BCUT2D eigenvalue weighted by Crippen LogP contribution is -2.35. The molecule has 2 aromatic carbocycles. The fourth-order valence-corrected chi connectivity index (χ4v) is 3.68. The van der Waals surface area contributed by atoms with Crippen molar-refractivity contribution < 1.29 is 4.79 Å². The lowest BCUT2D eigenvalue weighted by molar-refractivity contribution is 0.256. The molecule has 6 heteroatoms. The Morgan fingerprint density at radius 2 is 1.86 bits per heavy atom. The van der Waals surface area contributed by atoms with E-state index in [0.717, 1.165) is 54.1 Å². The van der Waals surface area contributed by atoms with Crippen LogP contribution in [0.3, 0.4) is 0 Å². The average Bonchev–Trinajstić information content (AvgIpc) is 2.97. The summed E-state index contributed by atoms with van der Waals surface area (Å²) in [4.78, 5) is 19.7. The van der Waals surface area contributed by atoms with Crippen molar-refractivity contribution in [2.24, 2.45) is 0 Å². The molecule has 1 aromatic heterocycles. The largest absolute Gasteiger partial charge is 0.326 e. The van der Waals surface area contributed by atoms with Crippen LogP contribution in [0.4, 0.5) is 16.2 Å². The molecule has 0 bridgehead atoms. The maximum Gasteiger partial charge on any atom is 0.326 e. The van der Waals surface area contributed by atoms with Crippen LogP contribution in [0.1, 0.15) is 42.0 Å². The minimum atomic E-state index is -0.187. The van der Waals surface area contributed by atoms with Gasteiger partial charge in [-0.15, -0.1) is 0 Å². The molecule has 0 saturated heterocycles. The highest BCUT2D eigenvalue weighted by Crippen LogP contribution is 2.23. The van der Waals surface area contributed by atoms with Crippen molar-refractivity contribution in [3.05, 3.63) is 71.3 Å². The highest BCUT2D eigenvalue weighted by molar-refractivity contribution is 6.02. The molecule has 0 unspecified atom stereocenters. The van der Waals surface area contributed by atoms with Gasteiger partial charge in [-0.3, -0.25) is 4.90 Å². The van der Waals surface area contributed by atoms with Crippen LogP contribution in [0, 0.1) is 13.8 Å². The number of carbonyl (C=O) groups excluding carboxylic acids is 1. The van der Waals surface area contributed by atoms with E-state index in [9.17, 15) is 4.79 Å². The number of nitrogens with zero attached hydrogens (tertiary/aromatic N) is 4. The first-order valence-electron chi connectivity index (χ1n) is 10.2. The fourth-order valence-electron chi connectivity index (χ4n) is 3.68. The first kappa shape index (κ1) is 19.2. The Balaban J connectivity index is 1.61. The Kier molecular flexibility index (Phi) is 5.60. The summed E-state index contributed by atoms with van der Waals surface area (Å²) in [6.07, 6.45) is 4.44. The number of para-hydroxylation sites is 1. The Labute approximate surface area is 171 Å². The number of nitrogens with one attached hydrogen (secondary N) is 1. The van der Waals surface area contributed by atoms with Crippen molar-refractivity contribution in [3.63, 3.8) is 0 Å². The Morgan fingerprint density at radius 1 is 1.07 bits per heavy atom. The summed E-state index contributed by atoms with van der Waals surface area (Å²) >= 11 is 0. The average molecular weight is 390 g/mol. The van der Waals surface area contributed by atoms with Crippen LogP contribution in [-0.4, -0.2) is 20.8 Å². The van der Waals surface area contributed by atoms with E-state index in [-0.39, 0.29) is 6.03 Å². The van der Waals surface area contributed by atoms with Gasteiger partial charge in [-0.05, 0) is 50.5 Å². The van der Waals surface area contributed by atoms with Crippen molar-refractivity contribution in [3.8, 4) is 0 Å². The van der Waals surface area contributed by atoms with Crippen molar-refractivity contribution in [1.29, 1.82) is 0 Å². The van der Waals surface area contributed by atoms with Crippen molar-refractivity contribution in [2.45, 2.75) is 52.6 Å². The van der Waals surface area contributed by atoms with Crippen LogP contribution in [-0.2, 0) is 19.5 Å². The highest BCUT2D eigenvalue weighted by atomic mass is 16.2. The van der Waals surface area contributed by atoms with Gasteiger partial charge >= 0.3 is 6.03 Å². The number of urea groups is 1. The van der Waals surface area contributed by atoms with E-state index in [4.69, 9.17) is 10.1 Å². The zero-order chi connectivity index (χ0) is 20.2. The van der Waals surface area contributed by atoms with Gasteiger partial charge in [0.25, 0.3) is 0 Å². The van der Waals surface area contributed by atoms with E-state index in [1.54, 1.807) is 4.90 Å². The molecular weight excluding hydrogens is 362 g/mol. The standard InChI is InChI=1S/C23H27N5O/c1-17-11-13-19(14-12-17)24-23(29)27(20-9-6-5-8-18(20)2)16-21-25-22-10-4-3-7-15-28(22)26-21/h5-6,8-9,11-14H,3-4,7,10,15-16H2,1-2H3,(H,24,29).